The van der Waals surface area contributed by atoms with Crippen molar-refractivity contribution in [2.24, 2.45) is 0 Å². The Kier molecular flexibility index (Phi) is 7.63. The van der Waals surface area contributed by atoms with Crippen molar-refractivity contribution in [3.05, 3.63) is 126 Å². The van der Waals surface area contributed by atoms with Gasteiger partial charge in [-0.3, -0.25) is 0 Å². The highest BCUT2D eigenvalue weighted by Gasteiger charge is 2.13. The van der Waals surface area contributed by atoms with E-state index in [1.165, 1.54) is 22.4 Å². The maximum atomic E-state index is 2.31. The van der Waals surface area contributed by atoms with Crippen LogP contribution in [0.3, 0.4) is 0 Å². The van der Waals surface area contributed by atoms with Crippen LogP contribution in [0.1, 0.15) is 30.5 Å². The van der Waals surface area contributed by atoms with Gasteiger partial charge in [-0.1, -0.05) is 105 Å². The van der Waals surface area contributed by atoms with Crippen molar-refractivity contribution in [2.45, 2.75) is 20.8 Å². The summed E-state index contributed by atoms with van der Waals surface area (Å²) in [5, 5.41) is 0. The number of aryl methyl sites for hydroxylation is 1. The predicted octanol–water partition coefficient (Wildman–Crippen LogP) is 8.66. The first-order valence-corrected chi connectivity index (χ1v) is 10.6. The molecule has 0 aliphatic carbocycles. The second-order valence-electron chi connectivity index (χ2n) is 6.79. The number of nitrogens with zero attached hydrogens (tertiary/aromatic N) is 1. The van der Waals surface area contributed by atoms with Gasteiger partial charge >= 0.3 is 0 Å². The molecule has 0 N–H and O–H groups in total. The van der Waals surface area contributed by atoms with Crippen LogP contribution >= 0.6 is 0 Å². The molecule has 4 aromatic rings. The molecule has 0 unspecified atom stereocenters. The van der Waals surface area contributed by atoms with Crippen LogP contribution in [0.2, 0.25) is 0 Å². The Bertz CT molecular complexity index is 1050. The van der Waals surface area contributed by atoms with E-state index in [1.54, 1.807) is 0 Å². The average molecular weight is 392 g/mol. The second kappa shape index (κ2) is 10.8. The van der Waals surface area contributed by atoms with Crippen LogP contribution in [0.5, 0.6) is 0 Å². The molecule has 0 heterocycles. The molecule has 150 valence electrons. The van der Waals surface area contributed by atoms with Crippen molar-refractivity contribution in [3.8, 4) is 0 Å². The van der Waals surface area contributed by atoms with Crippen LogP contribution in [-0.2, 0) is 0 Å². The lowest BCUT2D eigenvalue weighted by Crippen LogP contribution is -2.11. The zero-order valence-electron chi connectivity index (χ0n) is 18.0. The van der Waals surface area contributed by atoms with Gasteiger partial charge in [0.2, 0.25) is 0 Å². The summed E-state index contributed by atoms with van der Waals surface area (Å²) < 4.78 is 0. The highest BCUT2D eigenvalue weighted by molar-refractivity contribution is 5.79. The molecule has 1 heteroatoms. The van der Waals surface area contributed by atoms with E-state index < -0.39 is 0 Å². The van der Waals surface area contributed by atoms with E-state index in [4.69, 9.17) is 0 Å². The molecule has 1 nitrogen and oxygen atoms in total. The molecule has 4 aromatic carbocycles. The average Bonchev–Trinajstić information content (AvgIpc) is 2.83. The Morgan fingerprint density at radius 2 is 0.967 bits per heavy atom. The SMILES string of the molecule is CC.Cc1ccccc1N(c1ccccc1)c1ccc(/C=C/c2ccccc2)cc1. The van der Waals surface area contributed by atoms with Gasteiger partial charge < -0.3 is 4.90 Å². The number of anilines is 3. The number of rotatable bonds is 5. The van der Waals surface area contributed by atoms with Gasteiger partial charge in [-0.15, -0.1) is 0 Å². The summed E-state index contributed by atoms with van der Waals surface area (Å²) in [6, 6.07) is 38.1. The maximum absolute atomic E-state index is 2.31. The Balaban J connectivity index is 0.00000124. The van der Waals surface area contributed by atoms with E-state index in [1.807, 2.05) is 19.9 Å². The second-order valence-corrected chi connectivity index (χ2v) is 6.79. The van der Waals surface area contributed by atoms with E-state index >= 15 is 0 Å². The summed E-state index contributed by atoms with van der Waals surface area (Å²) in [5.74, 6) is 0. The smallest absolute Gasteiger partial charge is 0.0490 e. The summed E-state index contributed by atoms with van der Waals surface area (Å²) in [6.45, 7) is 6.16. The molecular weight excluding hydrogens is 362 g/mol. The van der Waals surface area contributed by atoms with Crippen molar-refractivity contribution in [3.63, 3.8) is 0 Å². The minimum Gasteiger partial charge on any atom is -0.310 e. The third-order valence-corrected chi connectivity index (χ3v) is 4.79. The topological polar surface area (TPSA) is 3.24 Å². The molecule has 0 amide bonds. The number of hydrogen-bond acceptors (Lipinski definition) is 1. The fourth-order valence-corrected chi connectivity index (χ4v) is 3.31. The highest BCUT2D eigenvalue weighted by atomic mass is 15.1. The molecule has 0 aliphatic rings. The summed E-state index contributed by atoms with van der Waals surface area (Å²) in [7, 11) is 0. The maximum Gasteiger partial charge on any atom is 0.0490 e. The molecule has 0 radical (unpaired) electrons. The van der Waals surface area contributed by atoms with Crippen LogP contribution in [0.15, 0.2) is 109 Å². The van der Waals surface area contributed by atoms with Crippen LogP contribution in [0, 0.1) is 6.92 Å². The summed E-state index contributed by atoms with van der Waals surface area (Å²) >= 11 is 0. The van der Waals surface area contributed by atoms with Crippen molar-refractivity contribution in [1.29, 1.82) is 0 Å². The molecule has 30 heavy (non-hydrogen) atoms. The Labute approximate surface area is 181 Å². The largest absolute Gasteiger partial charge is 0.310 e. The number of hydrogen-bond donors (Lipinski definition) is 0. The van der Waals surface area contributed by atoms with Crippen molar-refractivity contribution < 1.29 is 0 Å². The van der Waals surface area contributed by atoms with Gasteiger partial charge in [-0.05, 0) is 53.9 Å². The molecule has 0 spiro atoms. The molecule has 0 saturated heterocycles. The lowest BCUT2D eigenvalue weighted by atomic mass is 10.1. The Hall–Kier alpha value is -3.58. The molecule has 0 saturated carbocycles. The van der Waals surface area contributed by atoms with Crippen molar-refractivity contribution in [2.75, 3.05) is 4.90 Å². The van der Waals surface area contributed by atoms with Crippen LogP contribution in [0.4, 0.5) is 17.1 Å². The third-order valence-electron chi connectivity index (χ3n) is 4.79. The Morgan fingerprint density at radius 3 is 1.57 bits per heavy atom. The van der Waals surface area contributed by atoms with Crippen LogP contribution < -0.4 is 4.90 Å². The summed E-state index contributed by atoms with van der Waals surface area (Å²) in [6.07, 6.45) is 4.30. The fourth-order valence-electron chi connectivity index (χ4n) is 3.31. The van der Waals surface area contributed by atoms with Gasteiger partial charge in [0.1, 0.15) is 0 Å². The normalized spacial score (nSPS) is 10.4. The first-order valence-electron chi connectivity index (χ1n) is 10.6. The predicted molar refractivity (Wildman–Crippen MR) is 133 cm³/mol. The Morgan fingerprint density at radius 1 is 0.500 bits per heavy atom. The van der Waals surface area contributed by atoms with Gasteiger partial charge in [-0.25, -0.2) is 0 Å². The first kappa shape index (κ1) is 21.1. The molecule has 0 fully saturated rings. The monoisotopic (exact) mass is 391 g/mol. The van der Waals surface area contributed by atoms with E-state index in [9.17, 15) is 0 Å². The van der Waals surface area contributed by atoms with Gasteiger partial charge in [0, 0.05) is 17.1 Å². The molecule has 0 aliphatic heterocycles. The van der Waals surface area contributed by atoms with Crippen molar-refractivity contribution in [1.82, 2.24) is 0 Å². The van der Waals surface area contributed by atoms with Gasteiger partial charge in [0.15, 0.2) is 0 Å². The zero-order valence-corrected chi connectivity index (χ0v) is 18.0. The van der Waals surface area contributed by atoms with E-state index in [0.717, 1.165) is 11.4 Å². The third kappa shape index (κ3) is 5.27. The molecular formula is C29H29N. The molecule has 4 rings (SSSR count). The fraction of sp³-hybridized carbons (Fsp3) is 0.103. The highest BCUT2D eigenvalue weighted by Crippen LogP contribution is 2.36. The number of para-hydroxylation sites is 2. The van der Waals surface area contributed by atoms with Crippen LogP contribution in [-0.4, -0.2) is 0 Å². The van der Waals surface area contributed by atoms with Gasteiger partial charge in [-0.2, -0.15) is 0 Å². The lowest BCUT2D eigenvalue weighted by molar-refractivity contribution is 1.25. The van der Waals surface area contributed by atoms with E-state index in [-0.39, 0.29) is 0 Å². The molecule has 0 atom stereocenters. The summed E-state index contributed by atoms with van der Waals surface area (Å²) in [5.41, 5.74) is 7.14. The lowest BCUT2D eigenvalue weighted by Gasteiger charge is -2.27. The van der Waals surface area contributed by atoms with Crippen LogP contribution in [0.25, 0.3) is 12.2 Å². The summed E-state index contributed by atoms with van der Waals surface area (Å²) in [4.78, 5) is 2.31. The van der Waals surface area contributed by atoms with Gasteiger partial charge in [0.25, 0.3) is 0 Å². The first-order chi connectivity index (χ1) is 14.8. The van der Waals surface area contributed by atoms with E-state index in [2.05, 4.69) is 127 Å². The van der Waals surface area contributed by atoms with E-state index in [0.29, 0.717) is 0 Å². The standard InChI is InChI=1S/C27H23N.C2H6/c1-22-10-8-9-15-27(22)28(25-13-6-3-7-14-25)26-20-18-24(19-21-26)17-16-23-11-4-2-5-12-23;1-2/h2-21H,1H3;1-2H3/b17-16+;. The molecule has 0 bridgehead atoms. The quantitative estimate of drug-likeness (QED) is 0.308. The minimum atomic E-state index is 1.15. The molecule has 0 aromatic heterocycles. The van der Waals surface area contributed by atoms with Gasteiger partial charge in [0.05, 0.1) is 0 Å². The minimum absolute atomic E-state index is 1.15. The zero-order chi connectivity index (χ0) is 21.2. The van der Waals surface area contributed by atoms with Crippen molar-refractivity contribution >= 4 is 29.2 Å². The number of benzene rings is 4.